The molecule has 0 amide bonds. The first-order valence-electron chi connectivity index (χ1n) is 4.39. The molecule has 0 aromatic rings. The molecule has 2 heteroatoms. The molecule has 0 bridgehead atoms. The van der Waals surface area contributed by atoms with E-state index in [4.69, 9.17) is 9.47 Å². The summed E-state index contributed by atoms with van der Waals surface area (Å²) >= 11 is 0. The highest BCUT2D eigenvalue weighted by Gasteiger charge is 2.47. The minimum absolute atomic E-state index is 0.0949. The van der Waals surface area contributed by atoms with Gasteiger partial charge in [0.1, 0.15) is 0 Å². The van der Waals surface area contributed by atoms with Gasteiger partial charge in [-0.15, -0.1) is 0 Å². The minimum Gasteiger partial charge on any atom is -0.473 e. The van der Waals surface area contributed by atoms with E-state index in [1.54, 1.807) is 0 Å². The van der Waals surface area contributed by atoms with Gasteiger partial charge in [-0.3, -0.25) is 0 Å². The Hall–Kier alpha value is -0.500. The average Bonchev–Trinajstić information content (AvgIpc) is 2.60. The minimum atomic E-state index is 0.0949. The lowest BCUT2D eigenvalue weighted by atomic mass is 9.90. The third-order valence-electron chi connectivity index (χ3n) is 3.24. The third kappa shape index (κ3) is 0.707. The van der Waals surface area contributed by atoms with Crippen LogP contribution in [0, 0.1) is 17.8 Å². The van der Waals surface area contributed by atoms with Gasteiger partial charge in [0.15, 0.2) is 0 Å². The highest BCUT2D eigenvalue weighted by Crippen LogP contribution is 2.47. The van der Waals surface area contributed by atoms with E-state index < -0.39 is 0 Å². The van der Waals surface area contributed by atoms with Crippen molar-refractivity contribution in [1.29, 1.82) is 0 Å². The van der Waals surface area contributed by atoms with Gasteiger partial charge >= 0.3 is 0 Å². The molecule has 4 unspecified atom stereocenters. The van der Waals surface area contributed by atoms with Crippen LogP contribution in [0.5, 0.6) is 0 Å². The van der Waals surface area contributed by atoms with Gasteiger partial charge < -0.3 is 9.47 Å². The number of hydrogen-bond donors (Lipinski definition) is 0. The first kappa shape index (κ1) is 6.06. The van der Waals surface area contributed by atoms with Crippen molar-refractivity contribution in [2.45, 2.75) is 19.1 Å². The van der Waals surface area contributed by atoms with Crippen LogP contribution < -0.4 is 0 Å². The van der Waals surface area contributed by atoms with Crippen molar-refractivity contribution in [1.82, 2.24) is 0 Å². The summed E-state index contributed by atoms with van der Waals surface area (Å²) in [5, 5.41) is 0. The molecule has 2 aliphatic heterocycles. The first-order chi connectivity index (χ1) is 5.45. The van der Waals surface area contributed by atoms with Gasteiger partial charge in [-0.1, -0.05) is 0 Å². The summed E-state index contributed by atoms with van der Waals surface area (Å²) in [6.45, 7) is 0.924. The van der Waals surface area contributed by atoms with Crippen molar-refractivity contribution in [3.05, 3.63) is 12.3 Å². The molecule has 4 atom stereocenters. The molecule has 1 saturated carbocycles. The molecule has 60 valence electrons. The second-order valence-corrected chi connectivity index (χ2v) is 3.74. The van der Waals surface area contributed by atoms with E-state index in [9.17, 15) is 0 Å². The van der Waals surface area contributed by atoms with Crippen molar-refractivity contribution in [2.24, 2.45) is 17.8 Å². The standard InChI is InChI=1S/C9H12O2/c1-2-7-5-11-9-8(7)6(1)3-4-10-9/h3-4,6-9H,1-2,5H2. The summed E-state index contributed by atoms with van der Waals surface area (Å²) in [6.07, 6.45) is 6.79. The molecule has 0 aromatic carbocycles. The lowest BCUT2D eigenvalue weighted by molar-refractivity contribution is -0.105. The molecule has 1 saturated heterocycles. The Morgan fingerprint density at radius 3 is 3.27 bits per heavy atom. The lowest BCUT2D eigenvalue weighted by Gasteiger charge is -2.25. The molecule has 0 spiro atoms. The summed E-state index contributed by atoms with van der Waals surface area (Å²) in [6, 6.07) is 0. The van der Waals surface area contributed by atoms with Crippen LogP contribution in [-0.2, 0) is 9.47 Å². The second kappa shape index (κ2) is 2.01. The first-order valence-corrected chi connectivity index (χ1v) is 4.39. The van der Waals surface area contributed by atoms with Crippen LogP contribution in [0.2, 0.25) is 0 Å². The molecule has 0 radical (unpaired) electrons. The molecule has 3 aliphatic rings. The quantitative estimate of drug-likeness (QED) is 0.524. The zero-order valence-electron chi connectivity index (χ0n) is 6.40. The number of allylic oxidation sites excluding steroid dienone is 1. The van der Waals surface area contributed by atoms with E-state index in [0.717, 1.165) is 18.4 Å². The van der Waals surface area contributed by atoms with Crippen LogP contribution in [0.4, 0.5) is 0 Å². The van der Waals surface area contributed by atoms with E-state index in [1.807, 2.05) is 6.26 Å². The molecule has 0 aromatic heterocycles. The van der Waals surface area contributed by atoms with Gasteiger partial charge in [-0.2, -0.15) is 0 Å². The number of ether oxygens (including phenoxy) is 2. The fourth-order valence-corrected chi connectivity index (χ4v) is 2.67. The largest absolute Gasteiger partial charge is 0.473 e. The van der Waals surface area contributed by atoms with Gasteiger partial charge in [0, 0.05) is 5.92 Å². The topological polar surface area (TPSA) is 18.5 Å². The Balaban J connectivity index is 1.96. The van der Waals surface area contributed by atoms with E-state index in [1.165, 1.54) is 12.8 Å². The van der Waals surface area contributed by atoms with Crippen molar-refractivity contribution in [2.75, 3.05) is 6.61 Å². The SMILES string of the molecule is C1=CC2CCC3COC(O1)C23. The van der Waals surface area contributed by atoms with Gasteiger partial charge in [0.05, 0.1) is 12.9 Å². The van der Waals surface area contributed by atoms with Gasteiger partial charge in [-0.05, 0) is 30.8 Å². The average molecular weight is 152 g/mol. The summed E-state index contributed by atoms with van der Waals surface area (Å²) in [7, 11) is 0. The third-order valence-corrected chi connectivity index (χ3v) is 3.24. The fourth-order valence-electron chi connectivity index (χ4n) is 2.67. The van der Waals surface area contributed by atoms with Crippen LogP contribution in [-0.4, -0.2) is 12.9 Å². The van der Waals surface area contributed by atoms with Crippen LogP contribution >= 0.6 is 0 Å². The Bertz CT molecular complexity index is 200. The van der Waals surface area contributed by atoms with Crippen molar-refractivity contribution in [3.8, 4) is 0 Å². The summed E-state index contributed by atoms with van der Waals surface area (Å²) in [4.78, 5) is 0. The van der Waals surface area contributed by atoms with Gasteiger partial charge in [0.25, 0.3) is 0 Å². The molecule has 0 N–H and O–H groups in total. The van der Waals surface area contributed by atoms with Crippen molar-refractivity contribution >= 4 is 0 Å². The summed E-state index contributed by atoms with van der Waals surface area (Å²) in [5.41, 5.74) is 0. The Morgan fingerprint density at radius 1 is 1.27 bits per heavy atom. The van der Waals surface area contributed by atoms with E-state index in [-0.39, 0.29) is 6.29 Å². The molecule has 2 nitrogen and oxygen atoms in total. The van der Waals surface area contributed by atoms with E-state index in [2.05, 4.69) is 6.08 Å². The summed E-state index contributed by atoms with van der Waals surface area (Å²) in [5.74, 6) is 2.22. The molecule has 2 fully saturated rings. The van der Waals surface area contributed by atoms with Crippen molar-refractivity contribution < 1.29 is 9.47 Å². The molecule has 3 rings (SSSR count). The number of hydrogen-bond acceptors (Lipinski definition) is 2. The highest BCUT2D eigenvalue weighted by atomic mass is 16.7. The maximum Gasteiger partial charge on any atom is 0.202 e. The van der Waals surface area contributed by atoms with Crippen LogP contribution in [0.1, 0.15) is 12.8 Å². The monoisotopic (exact) mass is 152 g/mol. The maximum atomic E-state index is 5.52. The molecule has 2 heterocycles. The second-order valence-electron chi connectivity index (χ2n) is 3.74. The zero-order valence-corrected chi connectivity index (χ0v) is 6.40. The predicted octanol–water partition coefficient (Wildman–Crippen LogP) is 1.53. The van der Waals surface area contributed by atoms with Crippen LogP contribution in [0.3, 0.4) is 0 Å². The predicted molar refractivity (Wildman–Crippen MR) is 39.7 cm³/mol. The molecular weight excluding hydrogens is 140 g/mol. The Labute approximate surface area is 66.2 Å². The zero-order chi connectivity index (χ0) is 7.26. The Kier molecular flexibility index (Phi) is 1.11. The smallest absolute Gasteiger partial charge is 0.202 e. The highest BCUT2D eigenvalue weighted by molar-refractivity contribution is 5.02. The Morgan fingerprint density at radius 2 is 2.27 bits per heavy atom. The van der Waals surface area contributed by atoms with Crippen LogP contribution in [0.25, 0.3) is 0 Å². The van der Waals surface area contributed by atoms with Crippen LogP contribution in [0.15, 0.2) is 12.3 Å². The molecular formula is C9H12O2. The normalized spacial score (nSPS) is 52.4. The lowest BCUT2D eigenvalue weighted by Crippen LogP contribution is -2.26. The molecule has 1 aliphatic carbocycles. The maximum absolute atomic E-state index is 5.52. The van der Waals surface area contributed by atoms with Gasteiger partial charge in [0.2, 0.25) is 6.29 Å². The fraction of sp³-hybridized carbons (Fsp3) is 0.778. The van der Waals surface area contributed by atoms with E-state index in [0.29, 0.717) is 5.92 Å². The number of rotatable bonds is 0. The molecule has 11 heavy (non-hydrogen) atoms. The van der Waals surface area contributed by atoms with E-state index >= 15 is 0 Å². The van der Waals surface area contributed by atoms with Crippen molar-refractivity contribution in [3.63, 3.8) is 0 Å². The summed E-state index contributed by atoms with van der Waals surface area (Å²) < 4.78 is 10.9. The van der Waals surface area contributed by atoms with Gasteiger partial charge in [-0.25, -0.2) is 0 Å².